The van der Waals surface area contributed by atoms with Crippen LogP contribution in [0.25, 0.3) is 0 Å². The third-order valence-electron chi connectivity index (χ3n) is 3.81. The summed E-state index contributed by atoms with van der Waals surface area (Å²) >= 11 is -0.0806. The van der Waals surface area contributed by atoms with Crippen LogP contribution in [0, 0.1) is 5.82 Å². The van der Waals surface area contributed by atoms with E-state index in [2.05, 4.69) is 11.7 Å². The zero-order chi connectivity index (χ0) is 15.0. The summed E-state index contributed by atoms with van der Waals surface area (Å²) in [6.07, 6.45) is 1.64. The minimum absolute atomic E-state index is 0.0664. The van der Waals surface area contributed by atoms with E-state index in [4.69, 9.17) is 4.84 Å². The summed E-state index contributed by atoms with van der Waals surface area (Å²) in [5.74, 6) is 0.0172. The predicted molar refractivity (Wildman–Crippen MR) is 75.7 cm³/mol. The van der Waals surface area contributed by atoms with Crippen molar-refractivity contribution in [1.29, 1.82) is 0 Å². The number of aliphatic hydroxyl groups excluding tert-OH is 1. The fraction of sp³-hybridized carbons (Fsp3) is 0.357. The first-order chi connectivity index (χ1) is 10.1. The second-order valence-corrected chi connectivity index (χ2v) is 5.62. The maximum atomic E-state index is 13.3. The van der Waals surface area contributed by atoms with E-state index in [9.17, 15) is 13.4 Å². The van der Waals surface area contributed by atoms with E-state index in [1.807, 2.05) is 0 Å². The highest BCUT2D eigenvalue weighted by Crippen LogP contribution is 2.43. The van der Waals surface area contributed by atoms with Crippen molar-refractivity contribution in [2.45, 2.75) is 23.5 Å². The molecule has 2 aliphatic heterocycles. The molecule has 1 aromatic carbocycles. The van der Waals surface area contributed by atoms with Gasteiger partial charge in [-0.25, -0.2) is 4.39 Å². The Kier molecular flexibility index (Phi) is 3.62. The van der Waals surface area contributed by atoms with Gasteiger partial charge in [0.05, 0.1) is 17.0 Å². The third-order valence-corrected chi connectivity index (χ3v) is 4.32. The van der Waals surface area contributed by atoms with Gasteiger partial charge in [-0.05, 0) is 36.6 Å². The van der Waals surface area contributed by atoms with Crippen LogP contribution in [0.5, 0.6) is 0 Å². The molecule has 2 heterocycles. The maximum Gasteiger partial charge on any atom is 0.261 e. The second-order valence-electron chi connectivity index (χ2n) is 5.03. The first-order valence-electron chi connectivity index (χ1n) is 6.54. The number of oxime groups is 1. The zero-order valence-corrected chi connectivity index (χ0v) is 12.0. The average molecular weight is 312 g/mol. The molecule has 1 N–H and O–H groups in total. The zero-order valence-electron chi connectivity index (χ0n) is 11.2. The van der Waals surface area contributed by atoms with E-state index in [1.165, 1.54) is 12.1 Å². The lowest BCUT2D eigenvalue weighted by atomic mass is 9.96. The highest BCUT2D eigenvalue weighted by Gasteiger charge is 2.50. The van der Waals surface area contributed by atoms with Gasteiger partial charge in [-0.15, -0.1) is 0 Å². The number of halogens is 2. The Bertz CT molecular complexity index is 623. The quantitative estimate of drug-likeness (QED) is 0.932. The van der Waals surface area contributed by atoms with Gasteiger partial charge in [-0.1, -0.05) is 11.7 Å². The highest BCUT2D eigenvalue weighted by atomic mass is 32.2. The van der Waals surface area contributed by atoms with Crippen LogP contribution in [-0.4, -0.2) is 29.0 Å². The molecular weight excluding hydrogens is 298 g/mol. The summed E-state index contributed by atoms with van der Waals surface area (Å²) in [5.41, 5.74) is -0.152. The Morgan fingerprint density at radius 1 is 1.52 bits per heavy atom. The first kappa shape index (κ1) is 14.3. The number of hydrogen-bond donors (Lipinski definition) is 1. The van der Waals surface area contributed by atoms with Gasteiger partial charge in [0.1, 0.15) is 12.4 Å². The van der Waals surface area contributed by atoms with Crippen molar-refractivity contribution >= 4 is 18.0 Å². The summed E-state index contributed by atoms with van der Waals surface area (Å²) in [5, 5.41) is 13.9. The fourth-order valence-electron chi connectivity index (χ4n) is 2.77. The SMILES string of the molecule is C=C1CCCN2C1=NOC2(CO)c1ccc(F)cc1SF. The molecule has 0 bridgehead atoms. The van der Waals surface area contributed by atoms with Crippen LogP contribution in [0.3, 0.4) is 0 Å². The van der Waals surface area contributed by atoms with Crippen molar-refractivity contribution < 1.29 is 18.2 Å². The van der Waals surface area contributed by atoms with Gasteiger partial charge < -0.3 is 14.8 Å². The largest absolute Gasteiger partial charge is 0.390 e. The molecule has 0 aromatic heterocycles. The molecule has 0 amide bonds. The van der Waals surface area contributed by atoms with Gasteiger partial charge in [0, 0.05) is 12.1 Å². The number of amidine groups is 1. The minimum atomic E-state index is -1.32. The smallest absolute Gasteiger partial charge is 0.261 e. The van der Waals surface area contributed by atoms with E-state index in [0.717, 1.165) is 24.5 Å². The van der Waals surface area contributed by atoms with E-state index in [0.29, 0.717) is 17.9 Å². The molecular formula is C14H14F2N2O2S. The van der Waals surface area contributed by atoms with Gasteiger partial charge in [0.2, 0.25) is 0 Å². The summed E-state index contributed by atoms with van der Waals surface area (Å²) in [6, 6.07) is 3.72. The summed E-state index contributed by atoms with van der Waals surface area (Å²) < 4.78 is 26.5. The number of rotatable bonds is 3. The molecule has 1 fully saturated rings. The molecule has 7 heteroatoms. The first-order valence-corrected chi connectivity index (χ1v) is 7.25. The van der Waals surface area contributed by atoms with Crippen LogP contribution in [0.4, 0.5) is 8.28 Å². The van der Waals surface area contributed by atoms with Crippen molar-refractivity contribution in [2.24, 2.45) is 5.16 Å². The monoisotopic (exact) mass is 312 g/mol. The van der Waals surface area contributed by atoms with Crippen LogP contribution in [0.15, 0.2) is 40.4 Å². The van der Waals surface area contributed by atoms with E-state index < -0.39 is 18.1 Å². The lowest BCUT2D eigenvalue weighted by Crippen LogP contribution is -2.51. The van der Waals surface area contributed by atoms with Gasteiger partial charge >= 0.3 is 0 Å². The Labute approximate surface area is 125 Å². The molecule has 0 radical (unpaired) electrons. The molecule has 1 unspecified atom stereocenters. The van der Waals surface area contributed by atoms with Crippen LogP contribution < -0.4 is 0 Å². The Morgan fingerprint density at radius 3 is 3.05 bits per heavy atom. The van der Waals surface area contributed by atoms with E-state index in [1.54, 1.807) is 4.90 Å². The molecule has 112 valence electrons. The Morgan fingerprint density at radius 2 is 2.33 bits per heavy atom. The van der Waals surface area contributed by atoms with Gasteiger partial charge in [0.15, 0.2) is 5.84 Å². The third kappa shape index (κ3) is 2.11. The predicted octanol–water partition coefficient (Wildman–Crippen LogP) is 2.94. The summed E-state index contributed by atoms with van der Waals surface area (Å²) in [6.45, 7) is 4.11. The second kappa shape index (κ2) is 5.31. The van der Waals surface area contributed by atoms with Crippen molar-refractivity contribution in [3.63, 3.8) is 0 Å². The Hall–Kier alpha value is -1.60. The van der Waals surface area contributed by atoms with Gasteiger partial charge in [0.25, 0.3) is 5.72 Å². The summed E-state index contributed by atoms with van der Waals surface area (Å²) in [4.78, 5) is 7.31. The van der Waals surface area contributed by atoms with Crippen molar-refractivity contribution in [1.82, 2.24) is 4.90 Å². The van der Waals surface area contributed by atoms with Crippen molar-refractivity contribution in [3.8, 4) is 0 Å². The standard InChI is InChI=1S/C14H14F2N2O2S/c1-9-3-2-6-18-13(9)17-20-14(18,8-19)11-5-4-10(15)7-12(11)21-16/h4-5,7,19H,1-3,6,8H2. The van der Waals surface area contributed by atoms with Gasteiger partial charge in [-0.2, -0.15) is 3.89 Å². The topological polar surface area (TPSA) is 45.1 Å². The normalized spacial score (nSPS) is 24.6. The molecule has 1 atom stereocenters. The van der Waals surface area contributed by atoms with Crippen LogP contribution in [-0.2, 0) is 10.6 Å². The molecule has 4 nitrogen and oxygen atoms in total. The molecule has 21 heavy (non-hydrogen) atoms. The minimum Gasteiger partial charge on any atom is -0.390 e. The lowest BCUT2D eigenvalue weighted by Gasteiger charge is -2.39. The summed E-state index contributed by atoms with van der Waals surface area (Å²) in [7, 11) is 0. The van der Waals surface area contributed by atoms with Gasteiger partial charge in [-0.3, -0.25) is 0 Å². The van der Waals surface area contributed by atoms with Crippen LogP contribution in [0.2, 0.25) is 0 Å². The molecule has 2 aliphatic rings. The van der Waals surface area contributed by atoms with Crippen LogP contribution >= 0.6 is 12.1 Å². The number of fused-ring (bicyclic) bond motifs is 1. The fourth-order valence-corrected chi connectivity index (χ4v) is 3.24. The molecule has 0 aliphatic carbocycles. The van der Waals surface area contributed by atoms with E-state index >= 15 is 0 Å². The lowest BCUT2D eigenvalue weighted by molar-refractivity contribution is -0.139. The molecule has 0 spiro atoms. The number of nitrogens with zero attached hydrogens (tertiary/aromatic N) is 2. The highest BCUT2D eigenvalue weighted by molar-refractivity contribution is 7.94. The number of benzene rings is 1. The Balaban J connectivity index is 2.09. The van der Waals surface area contributed by atoms with Crippen LogP contribution in [0.1, 0.15) is 18.4 Å². The molecule has 1 saturated heterocycles. The average Bonchev–Trinajstić information content (AvgIpc) is 2.88. The van der Waals surface area contributed by atoms with E-state index in [-0.39, 0.29) is 17.0 Å². The number of hydrogen-bond acceptors (Lipinski definition) is 5. The maximum absolute atomic E-state index is 13.3. The number of aliphatic hydroxyl groups is 1. The molecule has 0 saturated carbocycles. The number of piperidine rings is 1. The van der Waals surface area contributed by atoms with Crippen molar-refractivity contribution in [3.05, 3.63) is 41.7 Å². The molecule has 3 rings (SSSR count). The molecule has 1 aromatic rings. The van der Waals surface area contributed by atoms with Crippen molar-refractivity contribution in [2.75, 3.05) is 13.2 Å².